The van der Waals surface area contributed by atoms with Crippen LogP contribution in [-0.4, -0.2) is 33.2 Å². The fraction of sp³-hybridized carbons (Fsp3) is 0.367. The first kappa shape index (κ1) is 23.2. The van der Waals surface area contributed by atoms with Crippen LogP contribution >= 0.6 is 11.6 Å². The average Bonchev–Trinajstić information content (AvgIpc) is 3.52. The minimum atomic E-state index is -2.47. The zero-order chi connectivity index (χ0) is 30.6. The number of aryl methyl sites for hydroxylation is 1. The second-order valence-corrected chi connectivity index (χ2v) is 10.9. The number of nitrogens with zero attached hydrogens (tertiary/aromatic N) is 4. The van der Waals surface area contributed by atoms with Gasteiger partial charge in [0.05, 0.1) is 27.3 Å². The summed E-state index contributed by atoms with van der Waals surface area (Å²) in [5, 5.41) is 0.0917. The van der Waals surface area contributed by atoms with E-state index in [1.807, 2.05) is 18.2 Å². The van der Waals surface area contributed by atoms with Crippen molar-refractivity contribution in [2.24, 2.45) is 7.05 Å². The number of pyridine rings is 1. The average molecular weight is 570 g/mol. The first-order valence-corrected chi connectivity index (χ1v) is 13.6. The normalized spacial score (nSPS) is 22.9. The van der Waals surface area contributed by atoms with Crippen molar-refractivity contribution in [2.75, 3.05) is 11.9 Å². The zero-order valence-electron chi connectivity index (χ0n) is 24.7. The number of hydrogen-bond donors (Lipinski definition) is 0. The summed E-state index contributed by atoms with van der Waals surface area (Å²) in [4.78, 5) is 31.8. The Morgan fingerprint density at radius 3 is 2.52 bits per heavy atom. The Hall–Kier alpha value is -3.56. The largest absolute Gasteiger partial charge is 0.381 e. The summed E-state index contributed by atoms with van der Waals surface area (Å²) in [6.07, 6.45) is 4.28. The van der Waals surface area contributed by atoms with Crippen LogP contribution in [0.5, 0.6) is 0 Å². The maximum absolute atomic E-state index is 14.3. The van der Waals surface area contributed by atoms with Gasteiger partial charge in [-0.15, -0.1) is 0 Å². The molecule has 1 amide bonds. The molecule has 10 heteroatoms. The summed E-state index contributed by atoms with van der Waals surface area (Å²) >= 11 is 6.18. The van der Waals surface area contributed by atoms with Crippen molar-refractivity contribution in [2.45, 2.75) is 56.7 Å². The fourth-order valence-corrected chi connectivity index (χ4v) is 6.30. The molecule has 1 aliphatic carbocycles. The molecule has 1 saturated carbocycles. The Kier molecular flexibility index (Phi) is 6.05. The van der Waals surface area contributed by atoms with Crippen molar-refractivity contribution in [1.29, 1.82) is 0 Å². The number of amides is 1. The van der Waals surface area contributed by atoms with Crippen molar-refractivity contribution in [3.63, 3.8) is 0 Å². The third-order valence-electron chi connectivity index (χ3n) is 8.06. The maximum Gasteiger partial charge on any atom is 0.269 e. The molecule has 0 N–H and O–H groups in total. The quantitative estimate of drug-likeness (QED) is 0.281. The van der Waals surface area contributed by atoms with Crippen LogP contribution in [0.4, 0.5) is 14.5 Å². The van der Waals surface area contributed by atoms with Gasteiger partial charge in [0.1, 0.15) is 10.8 Å². The van der Waals surface area contributed by atoms with Gasteiger partial charge in [-0.2, -0.15) is 0 Å². The summed E-state index contributed by atoms with van der Waals surface area (Å²) in [6, 6.07) is 10.2. The number of anilines is 1. The van der Waals surface area contributed by atoms with E-state index < -0.39 is 30.8 Å². The number of methoxy groups -OCH3 is 1. The van der Waals surface area contributed by atoms with Crippen LogP contribution in [0.2, 0.25) is 5.02 Å². The topological polar surface area (TPSA) is 69.4 Å². The highest BCUT2D eigenvalue weighted by Crippen LogP contribution is 2.42. The number of carbonyl (C=O) groups excluding carboxylic acids is 1. The SMILES string of the molecule is [2H]C([2H])([2H])O[C@H]1CC[C@H](n2c([C@@H]3CCC(=O)N3c3ccc(F)c(F)c3)nc3cc(-c4cc(Cl)c(=O)n(C)c4)ccc32)CC1. The molecule has 0 bridgehead atoms. The summed E-state index contributed by atoms with van der Waals surface area (Å²) < 4.78 is 59.2. The van der Waals surface area contributed by atoms with Gasteiger partial charge in [-0.05, 0) is 73.6 Å². The molecule has 2 aromatic carbocycles. The number of hydrogen-bond acceptors (Lipinski definition) is 4. The van der Waals surface area contributed by atoms with E-state index in [-0.39, 0.29) is 34.6 Å². The molecule has 6 rings (SSSR count). The van der Waals surface area contributed by atoms with Gasteiger partial charge in [0.2, 0.25) is 5.91 Å². The van der Waals surface area contributed by atoms with E-state index in [4.69, 9.17) is 25.4 Å². The molecule has 0 radical (unpaired) electrons. The molecular weight excluding hydrogens is 538 g/mol. The second-order valence-electron chi connectivity index (χ2n) is 10.5. The number of fused-ring (bicyclic) bond motifs is 1. The van der Waals surface area contributed by atoms with E-state index in [1.165, 1.54) is 15.5 Å². The Morgan fingerprint density at radius 1 is 1.00 bits per heavy atom. The van der Waals surface area contributed by atoms with Gasteiger partial charge >= 0.3 is 0 Å². The molecule has 1 saturated heterocycles. The number of ether oxygens (including phenoxy) is 1. The lowest BCUT2D eigenvalue weighted by atomic mass is 9.92. The molecule has 1 atom stereocenters. The number of imidazole rings is 1. The van der Waals surface area contributed by atoms with Crippen molar-refractivity contribution in [3.8, 4) is 11.1 Å². The summed E-state index contributed by atoms with van der Waals surface area (Å²) in [6.45, 7) is 0. The lowest BCUT2D eigenvalue weighted by molar-refractivity contribution is -0.117. The molecule has 1 aliphatic heterocycles. The van der Waals surface area contributed by atoms with E-state index in [0.717, 1.165) is 28.8 Å². The van der Waals surface area contributed by atoms with Gasteiger partial charge < -0.3 is 18.8 Å². The van der Waals surface area contributed by atoms with Crippen LogP contribution in [0, 0.1) is 11.6 Å². The highest BCUT2D eigenvalue weighted by atomic mass is 35.5. The highest BCUT2D eigenvalue weighted by Gasteiger charge is 2.38. The number of carbonyl (C=O) groups is 1. The van der Waals surface area contributed by atoms with Gasteiger partial charge in [0.15, 0.2) is 11.6 Å². The summed E-state index contributed by atoms with van der Waals surface area (Å²) in [5.74, 6) is -1.65. The molecule has 4 aromatic rings. The first-order chi connectivity index (χ1) is 20.4. The van der Waals surface area contributed by atoms with Crippen molar-refractivity contribution in [1.82, 2.24) is 14.1 Å². The molecule has 208 valence electrons. The van der Waals surface area contributed by atoms with Crippen LogP contribution in [0.1, 0.15) is 60.5 Å². The third-order valence-corrected chi connectivity index (χ3v) is 8.33. The molecule has 2 fully saturated rings. The summed E-state index contributed by atoms with van der Waals surface area (Å²) in [7, 11) is -0.848. The van der Waals surface area contributed by atoms with Crippen LogP contribution in [0.3, 0.4) is 0 Å². The lowest BCUT2D eigenvalue weighted by Gasteiger charge is -2.32. The molecule has 0 spiro atoms. The van der Waals surface area contributed by atoms with E-state index in [9.17, 15) is 18.4 Å². The van der Waals surface area contributed by atoms with Gasteiger partial charge in [-0.3, -0.25) is 9.59 Å². The van der Waals surface area contributed by atoms with E-state index in [0.29, 0.717) is 43.4 Å². The predicted molar refractivity (Wildman–Crippen MR) is 150 cm³/mol. The Balaban J connectivity index is 1.44. The van der Waals surface area contributed by atoms with E-state index in [1.54, 1.807) is 19.3 Å². The Labute approximate surface area is 239 Å². The highest BCUT2D eigenvalue weighted by molar-refractivity contribution is 6.30. The van der Waals surface area contributed by atoms with Crippen molar-refractivity contribution >= 4 is 34.2 Å². The molecule has 7 nitrogen and oxygen atoms in total. The molecule has 40 heavy (non-hydrogen) atoms. The minimum Gasteiger partial charge on any atom is -0.381 e. The van der Waals surface area contributed by atoms with Crippen LogP contribution in [0.15, 0.2) is 53.5 Å². The third kappa shape index (κ3) is 4.61. The van der Waals surface area contributed by atoms with Crippen LogP contribution in [-0.2, 0) is 16.6 Å². The van der Waals surface area contributed by atoms with Gasteiger partial charge in [-0.25, -0.2) is 13.8 Å². The van der Waals surface area contributed by atoms with Crippen LogP contribution < -0.4 is 10.5 Å². The zero-order valence-corrected chi connectivity index (χ0v) is 22.5. The second kappa shape index (κ2) is 10.4. The smallest absolute Gasteiger partial charge is 0.269 e. The molecular formula is C30H29ClF2N4O3. The van der Waals surface area contributed by atoms with Crippen molar-refractivity contribution < 1.29 is 22.4 Å². The number of halogens is 3. The lowest BCUT2D eigenvalue weighted by Crippen LogP contribution is -2.31. The minimum absolute atomic E-state index is 0.0585. The Morgan fingerprint density at radius 2 is 1.80 bits per heavy atom. The van der Waals surface area contributed by atoms with Gasteiger partial charge in [0, 0.05) is 44.5 Å². The first-order valence-electron chi connectivity index (χ1n) is 14.7. The van der Waals surface area contributed by atoms with Crippen molar-refractivity contribution in [3.05, 3.63) is 81.5 Å². The van der Waals surface area contributed by atoms with Crippen LogP contribution in [0.25, 0.3) is 22.2 Å². The fourth-order valence-electron chi connectivity index (χ4n) is 6.05. The predicted octanol–water partition coefficient (Wildman–Crippen LogP) is 6.33. The molecule has 0 unspecified atom stereocenters. The monoisotopic (exact) mass is 569 g/mol. The molecule has 2 aromatic heterocycles. The van der Waals surface area contributed by atoms with E-state index >= 15 is 0 Å². The van der Waals surface area contributed by atoms with E-state index in [2.05, 4.69) is 4.57 Å². The molecule has 2 aliphatic rings. The van der Waals surface area contributed by atoms with Gasteiger partial charge in [-0.1, -0.05) is 17.7 Å². The standard InChI is InChI=1S/C30H29ClF2N4O3/c1-35-16-18(13-22(31)30(35)39)17-3-10-26-25(14-17)34-29(37(26)19-4-7-21(40-2)8-5-19)27-11-12-28(38)36(27)20-6-9-23(32)24(33)15-20/h3,6,9-10,13-16,19,21,27H,4-5,7-8,11-12H2,1-2H3/t19-,21-,27-/m0/s1/i2D3. The Bertz CT molecular complexity index is 1760. The summed E-state index contributed by atoms with van der Waals surface area (Å²) in [5.41, 5.74) is 2.94. The number of benzene rings is 2. The number of rotatable bonds is 5. The number of aromatic nitrogens is 3. The molecule has 3 heterocycles. The maximum atomic E-state index is 14.3. The van der Waals surface area contributed by atoms with Gasteiger partial charge in [0.25, 0.3) is 5.56 Å².